The molecule has 0 saturated heterocycles. The van der Waals surface area contributed by atoms with Gasteiger partial charge in [0.25, 0.3) is 0 Å². The summed E-state index contributed by atoms with van der Waals surface area (Å²) in [5, 5.41) is 8.99. The molecule has 0 aromatic carbocycles. The van der Waals surface area contributed by atoms with Gasteiger partial charge in [0.2, 0.25) is 0 Å². The van der Waals surface area contributed by atoms with Crippen molar-refractivity contribution in [1.29, 1.82) is 0 Å². The summed E-state index contributed by atoms with van der Waals surface area (Å²) in [6, 6.07) is 0.241. The second-order valence-corrected chi connectivity index (χ2v) is 2.77. The zero-order valence-electron chi connectivity index (χ0n) is 5.17. The fourth-order valence-corrected chi connectivity index (χ4v) is 1.25. The van der Waals surface area contributed by atoms with Crippen molar-refractivity contribution in [3.63, 3.8) is 0 Å². The largest absolute Gasteiger partial charge is 0.393 e. The predicted molar refractivity (Wildman–Crippen MR) is 32.4 cm³/mol. The van der Waals surface area contributed by atoms with E-state index in [1.165, 1.54) is 0 Å². The van der Waals surface area contributed by atoms with Crippen LogP contribution in [-0.4, -0.2) is 17.3 Å². The molecule has 0 bridgehead atoms. The van der Waals surface area contributed by atoms with Crippen LogP contribution in [0.1, 0.15) is 19.8 Å². The van der Waals surface area contributed by atoms with Crippen LogP contribution in [0.15, 0.2) is 0 Å². The molecule has 1 fully saturated rings. The molecular weight excluding hydrogens is 102 g/mol. The minimum Gasteiger partial charge on any atom is -0.393 e. The number of rotatable bonds is 0. The SMILES string of the molecule is C[C@@H]1C[C@H](O)C[C@@H]1N. The predicted octanol–water partition coefficient (Wildman–Crippen LogP) is 0.104. The standard InChI is InChI=1S/C6H13NO/c1-4-2-5(8)3-6(4)7/h4-6,8H,2-3,7H2,1H3/t4-,5+,6+/m1/s1. The van der Waals surface area contributed by atoms with Crippen LogP contribution >= 0.6 is 0 Å². The molecule has 0 amide bonds. The van der Waals surface area contributed by atoms with Gasteiger partial charge in [0.15, 0.2) is 0 Å². The lowest BCUT2D eigenvalue weighted by molar-refractivity contribution is 0.178. The van der Waals surface area contributed by atoms with E-state index in [9.17, 15) is 0 Å². The maximum atomic E-state index is 8.99. The Labute approximate surface area is 49.7 Å². The van der Waals surface area contributed by atoms with Gasteiger partial charge in [-0.05, 0) is 18.8 Å². The minimum atomic E-state index is -0.125. The highest BCUT2D eigenvalue weighted by Gasteiger charge is 2.26. The molecule has 2 nitrogen and oxygen atoms in total. The van der Waals surface area contributed by atoms with Gasteiger partial charge in [0.1, 0.15) is 0 Å². The van der Waals surface area contributed by atoms with Crippen molar-refractivity contribution in [2.75, 3.05) is 0 Å². The van der Waals surface area contributed by atoms with E-state index in [1.807, 2.05) is 0 Å². The molecule has 48 valence electrons. The van der Waals surface area contributed by atoms with Crippen LogP contribution in [0.4, 0.5) is 0 Å². The summed E-state index contributed by atoms with van der Waals surface area (Å²) in [6.07, 6.45) is 1.56. The summed E-state index contributed by atoms with van der Waals surface area (Å²) < 4.78 is 0. The molecule has 1 rings (SSSR count). The zero-order valence-corrected chi connectivity index (χ0v) is 5.17. The average Bonchev–Trinajstić information content (AvgIpc) is 1.85. The van der Waals surface area contributed by atoms with E-state index >= 15 is 0 Å². The zero-order chi connectivity index (χ0) is 6.15. The van der Waals surface area contributed by atoms with Crippen LogP contribution in [0.3, 0.4) is 0 Å². The lowest BCUT2D eigenvalue weighted by Gasteiger charge is -2.04. The van der Waals surface area contributed by atoms with Gasteiger partial charge in [-0.2, -0.15) is 0 Å². The average molecular weight is 115 g/mol. The first kappa shape index (κ1) is 6.05. The van der Waals surface area contributed by atoms with E-state index in [-0.39, 0.29) is 12.1 Å². The topological polar surface area (TPSA) is 46.2 Å². The van der Waals surface area contributed by atoms with Crippen LogP contribution in [0.5, 0.6) is 0 Å². The fourth-order valence-electron chi connectivity index (χ4n) is 1.25. The molecule has 0 spiro atoms. The van der Waals surface area contributed by atoms with E-state index in [4.69, 9.17) is 10.8 Å². The second-order valence-electron chi connectivity index (χ2n) is 2.77. The van der Waals surface area contributed by atoms with E-state index in [0.29, 0.717) is 5.92 Å². The van der Waals surface area contributed by atoms with Crippen LogP contribution < -0.4 is 5.73 Å². The first-order valence-corrected chi connectivity index (χ1v) is 3.14. The quantitative estimate of drug-likeness (QED) is 0.470. The normalized spacial score (nSPS) is 47.6. The molecule has 0 heterocycles. The van der Waals surface area contributed by atoms with Crippen molar-refractivity contribution in [2.24, 2.45) is 11.7 Å². The highest BCUT2D eigenvalue weighted by Crippen LogP contribution is 2.23. The van der Waals surface area contributed by atoms with Crippen LogP contribution in [-0.2, 0) is 0 Å². The maximum Gasteiger partial charge on any atom is 0.0558 e. The lowest BCUT2D eigenvalue weighted by Crippen LogP contribution is -2.22. The molecule has 0 aliphatic heterocycles. The molecule has 1 saturated carbocycles. The summed E-state index contributed by atoms with van der Waals surface area (Å²) in [6.45, 7) is 2.08. The molecule has 3 N–H and O–H groups in total. The Morgan fingerprint density at radius 2 is 2.12 bits per heavy atom. The third-order valence-electron chi connectivity index (χ3n) is 1.92. The molecule has 0 aromatic rings. The van der Waals surface area contributed by atoms with E-state index < -0.39 is 0 Å². The van der Waals surface area contributed by atoms with Gasteiger partial charge >= 0.3 is 0 Å². The molecule has 0 aromatic heterocycles. The van der Waals surface area contributed by atoms with Gasteiger partial charge in [-0.3, -0.25) is 0 Å². The molecule has 8 heavy (non-hydrogen) atoms. The number of aliphatic hydroxyl groups excluding tert-OH is 1. The molecule has 0 radical (unpaired) electrons. The summed E-state index contributed by atoms with van der Waals surface area (Å²) >= 11 is 0. The highest BCUT2D eigenvalue weighted by molar-refractivity contribution is 4.82. The second kappa shape index (κ2) is 2.03. The van der Waals surface area contributed by atoms with Gasteiger partial charge in [-0.1, -0.05) is 6.92 Å². The summed E-state index contributed by atoms with van der Waals surface area (Å²) in [4.78, 5) is 0. The molecule has 0 unspecified atom stereocenters. The van der Waals surface area contributed by atoms with Crippen molar-refractivity contribution < 1.29 is 5.11 Å². The van der Waals surface area contributed by atoms with Crippen LogP contribution in [0.25, 0.3) is 0 Å². The Hall–Kier alpha value is -0.0800. The highest BCUT2D eigenvalue weighted by atomic mass is 16.3. The first-order chi connectivity index (χ1) is 3.70. The number of hydrogen-bond donors (Lipinski definition) is 2. The maximum absolute atomic E-state index is 8.99. The third kappa shape index (κ3) is 1.01. The fraction of sp³-hybridized carbons (Fsp3) is 1.00. The van der Waals surface area contributed by atoms with Crippen molar-refractivity contribution in [3.8, 4) is 0 Å². The Morgan fingerprint density at radius 3 is 2.25 bits per heavy atom. The molecular formula is C6H13NO. The Bertz CT molecular complexity index is 74.6. The van der Waals surface area contributed by atoms with Crippen molar-refractivity contribution in [1.82, 2.24) is 0 Å². The molecule has 1 aliphatic rings. The van der Waals surface area contributed by atoms with Gasteiger partial charge < -0.3 is 10.8 Å². The Kier molecular flexibility index (Phi) is 1.54. The monoisotopic (exact) mass is 115 g/mol. The van der Waals surface area contributed by atoms with Crippen LogP contribution in [0, 0.1) is 5.92 Å². The molecule has 1 aliphatic carbocycles. The van der Waals surface area contributed by atoms with Crippen molar-refractivity contribution in [3.05, 3.63) is 0 Å². The van der Waals surface area contributed by atoms with E-state index in [1.54, 1.807) is 0 Å². The lowest BCUT2D eigenvalue weighted by atomic mass is 10.1. The van der Waals surface area contributed by atoms with Crippen molar-refractivity contribution >= 4 is 0 Å². The van der Waals surface area contributed by atoms with Crippen molar-refractivity contribution in [2.45, 2.75) is 31.9 Å². The molecule has 2 heteroatoms. The Morgan fingerprint density at radius 1 is 1.50 bits per heavy atom. The smallest absolute Gasteiger partial charge is 0.0558 e. The summed E-state index contributed by atoms with van der Waals surface area (Å²) in [7, 11) is 0. The summed E-state index contributed by atoms with van der Waals surface area (Å²) in [5.41, 5.74) is 5.61. The molecule has 3 atom stereocenters. The van der Waals surface area contributed by atoms with Gasteiger partial charge in [0, 0.05) is 6.04 Å². The van der Waals surface area contributed by atoms with Gasteiger partial charge in [-0.25, -0.2) is 0 Å². The van der Waals surface area contributed by atoms with Crippen LogP contribution in [0.2, 0.25) is 0 Å². The Balaban J connectivity index is 2.39. The number of aliphatic hydroxyl groups is 1. The first-order valence-electron chi connectivity index (χ1n) is 3.14. The van der Waals surface area contributed by atoms with E-state index in [0.717, 1.165) is 12.8 Å². The number of hydrogen-bond acceptors (Lipinski definition) is 2. The van der Waals surface area contributed by atoms with Gasteiger partial charge in [-0.15, -0.1) is 0 Å². The number of nitrogens with two attached hydrogens (primary N) is 1. The summed E-state index contributed by atoms with van der Waals surface area (Å²) in [5.74, 6) is 0.519. The minimum absolute atomic E-state index is 0.125. The van der Waals surface area contributed by atoms with E-state index in [2.05, 4.69) is 6.92 Å². The van der Waals surface area contributed by atoms with Gasteiger partial charge in [0.05, 0.1) is 6.10 Å². The third-order valence-corrected chi connectivity index (χ3v) is 1.92.